The van der Waals surface area contributed by atoms with Crippen molar-refractivity contribution in [3.8, 4) is 11.8 Å². The second-order valence-electron chi connectivity index (χ2n) is 14.0. The first kappa shape index (κ1) is 33.4. The van der Waals surface area contributed by atoms with Gasteiger partial charge in [0.1, 0.15) is 0 Å². The lowest BCUT2D eigenvalue weighted by atomic mass is 9.45. The van der Waals surface area contributed by atoms with Gasteiger partial charge in [-0.15, -0.1) is 0 Å². The highest BCUT2D eigenvalue weighted by molar-refractivity contribution is 8.14. The zero-order valence-corrected chi connectivity index (χ0v) is 28.4. The molecule has 11 heteroatoms. The maximum absolute atomic E-state index is 13.8. The van der Waals surface area contributed by atoms with Gasteiger partial charge >= 0.3 is 5.97 Å². The number of nitrogens with one attached hydrogen (secondary N) is 1. The molecule has 1 amide bonds. The number of esters is 1. The number of rotatable bonds is 9. The van der Waals surface area contributed by atoms with Gasteiger partial charge in [-0.3, -0.25) is 14.4 Å². The predicted molar refractivity (Wildman–Crippen MR) is 177 cm³/mol. The maximum Gasteiger partial charge on any atom is 0.306 e. The third kappa shape index (κ3) is 5.42. The number of carbonyl (C=O) groups is 3. The van der Waals surface area contributed by atoms with Crippen LogP contribution in [-0.2, 0) is 25.5 Å². The number of benzene rings is 1. The Hall–Kier alpha value is -3.46. The van der Waals surface area contributed by atoms with E-state index >= 15 is 0 Å². The summed E-state index contributed by atoms with van der Waals surface area (Å²) in [6, 6.07) is 9.47. The summed E-state index contributed by atoms with van der Waals surface area (Å²) < 4.78 is 13.0. The molecule has 3 saturated carbocycles. The van der Waals surface area contributed by atoms with Gasteiger partial charge in [0, 0.05) is 31.1 Å². The molecule has 6 rings (SSSR count). The van der Waals surface area contributed by atoms with Gasteiger partial charge in [0.05, 0.1) is 42.1 Å². The van der Waals surface area contributed by atoms with E-state index in [-0.39, 0.29) is 46.4 Å². The van der Waals surface area contributed by atoms with E-state index in [1.54, 1.807) is 20.1 Å². The monoisotopic (exact) mass is 660 g/mol. The average Bonchev–Trinajstić information content (AvgIpc) is 3.59. The van der Waals surface area contributed by atoms with Crippen LogP contribution in [0.15, 0.2) is 36.0 Å². The first-order valence-electron chi connectivity index (χ1n) is 16.6. The third-order valence-electron chi connectivity index (χ3n) is 11.7. The summed E-state index contributed by atoms with van der Waals surface area (Å²) in [7, 11) is 1.60. The molecule has 0 unspecified atom stereocenters. The SMILES string of the molecule is CCC(=O)O[C@]1(C(=O)SCC#N)CC[C@H]2[C@@H]3CCC4=Cc5c(cnn5-c5cccc(C(=O)NCCOC)c5)C[C@]4(C)[C@H]3[C@@H](O)C[C@@]21C. The predicted octanol–water partition coefficient (Wildman–Crippen LogP) is 4.88. The van der Waals surface area contributed by atoms with E-state index in [0.29, 0.717) is 31.6 Å². The van der Waals surface area contributed by atoms with Crippen LogP contribution in [0, 0.1) is 39.9 Å². The summed E-state index contributed by atoms with van der Waals surface area (Å²) in [5.41, 5.74) is 2.32. The van der Waals surface area contributed by atoms with Crippen molar-refractivity contribution >= 4 is 34.8 Å². The Bertz CT molecular complexity index is 1650. The van der Waals surface area contributed by atoms with E-state index in [1.165, 1.54) is 5.57 Å². The molecule has 47 heavy (non-hydrogen) atoms. The van der Waals surface area contributed by atoms with Gasteiger partial charge < -0.3 is 19.9 Å². The molecule has 7 atom stereocenters. The number of carbonyl (C=O) groups excluding carboxylic acids is 3. The topological polar surface area (TPSA) is 144 Å². The number of ether oxygens (including phenoxy) is 2. The largest absolute Gasteiger partial charge is 0.449 e. The number of hydrogen-bond acceptors (Lipinski definition) is 9. The highest BCUT2D eigenvalue weighted by Gasteiger charge is 2.70. The van der Waals surface area contributed by atoms with Gasteiger partial charge in [-0.2, -0.15) is 10.4 Å². The number of aliphatic hydroxyl groups excluding tert-OH is 1. The minimum atomic E-state index is -1.36. The van der Waals surface area contributed by atoms with E-state index in [1.807, 2.05) is 42.1 Å². The van der Waals surface area contributed by atoms with Crippen molar-refractivity contribution in [1.82, 2.24) is 15.1 Å². The van der Waals surface area contributed by atoms with Crippen LogP contribution in [-0.4, -0.2) is 69.6 Å². The molecule has 0 aliphatic heterocycles. The van der Waals surface area contributed by atoms with Gasteiger partial charge in [0.25, 0.3) is 5.91 Å². The van der Waals surface area contributed by atoms with Crippen LogP contribution in [0.4, 0.5) is 0 Å². The molecular weight excluding hydrogens is 616 g/mol. The standard InChI is InChI=1S/C36H44N4O6S/c1-5-30(42)46-36(33(44)47-16-13-37)12-11-27-26-10-9-24-18-28-23(19-34(24,2)31(26)29(41)20-35(27,36)3)21-39-40(28)25-8-6-7-22(17-25)32(43)38-14-15-45-4/h6-8,17-18,21,26-27,29,31,41H,5,9-12,14-16,19-20H2,1-4H3,(H,38,43)/t26-,27-,29-,31+,34-,35-,36-/m0/s1. The number of fused-ring (bicyclic) bond motifs is 6. The van der Waals surface area contributed by atoms with E-state index in [4.69, 9.17) is 14.6 Å². The number of hydrogen-bond donors (Lipinski definition) is 2. The smallest absolute Gasteiger partial charge is 0.306 e. The van der Waals surface area contributed by atoms with E-state index in [9.17, 15) is 24.8 Å². The van der Waals surface area contributed by atoms with E-state index in [0.717, 1.165) is 54.4 Å². The van der Waals surface area contributed by atoms with Gasteiger partial charge in [-0.25, -0.2) is 4.68 Å². The van der Waals surface area contributed by atoms with Gasteiger partial charge in [-0.05, 0) is 91.5 Å². The van der Waals surface area contributed by atoms with Crippen molar-refractivity contribution in [1.29, 1.82) is 5.26 Å². The number of aliphatic hydroxyl groups is 1. The molecule has 3 fully saturated rings. The van der Waals surface area contributed by atoms with Crippen LogP contribution in [0.3, 0.4) is 0 Å². The summed E-state index contributed by atoms with van der Waals surface area (Å²) in [5.74, 6) is -0.397. The van der Waals surface area contributed by atoms with Crippen molar-refractivity contribution in [3.63, 3.8) is 0 Å². The van der Waals surface area contributed by atoms with Crippen molar-refractivity contribution in [3.05, 3.63) is 52.9 Å². The fourth-order valence-electron chi connectivity index (χ4n) is 9.55. The normalized spacial score (nSPS) is 32.1. The summed E-state index contributed by atoms with van der Waals surface area (Å²) in [6.07, 6.45) is 7.51. The third-order valence-corrected chi connectivity index (χ3v) is 12.5. The van der Waals surface area contributed by atoms with Gasteiger partial charge in [-0.1, -0.05) is 44.2 Å². The number of nitriles is 1. The van der Waals surface area contributed by atoms with Crippen LogP contribution in [0.25, 0.3) is 11.8 Å². The lowest BCUT2D eigenvalue weighted by Gasteiger charge is -2.60. The molecule has 4 aliphatic rings. The summed E-state index contributed by atoms with van der Waals surface area (Å²) in [6.45, 7) is 6.88. The molecule has 2 aromatic rings. The second kappa shape index (κ2) is 12.9. The highest BCUT2D eigenvalue weighted by atomic mass is 32.2. The Morgan fingerprint density at radius 3 is 2.81 bits per heavy atom. The minimum absolute atomic E-state index is 0.00622. The average molecular weight is 661 g/mol. The van der Waals surface area contributed by atoms with Crippen molar-refractivity contribution in [2.75, 3.05) is 26.0 Å². The zero-order chi connectivity index (χ0) is 33.6. The fourth-order valence-corrected chi connectivity index (χ4v) is 10.4. The Morgan fingerprint density at radius 2 is 2.06 bits per heavy atom. The molecule has 10 nitrogen and oxygen atoms in total. The van der Waals surface area contributed by atoms with Crippen LogP contribution in [0.1, 0.15) is 80.9 Å². The molecule has 1 aromatic heterocycles. The molecule has 0 bridgehead atoms. The van der Waals surface area contributed by atoms with Crippen LogP contribution in [0.2, 0.25) is 0 Å². The molecule has 0 radical (unpaired) electrons. The first-order chi connectivity index (χ1) is 22.5. The molecule has 2 N–H and O–H groups in total. The van der Waals surface area contributed by atoms with Gasteiger partial charge in [0.2, 0.25) is 5.12 Å². The number of allylic oxidation sites excluding steroid dienone is 1. The molecular formula is C36H44N4O6S. The second-order valence-corrected chi connectivity index (χ2v) is 14.9. The molecule has 250 valence electrons. The minimum Gasteiger partial charge on any atom is -0.449 e. The molecule has 1 aromatic carbocycles. The molecule has 0 saturated heterocycles. The number of amides is 1. The Balaban J connectivity index is 1.30. The summed E-state index contributed by atoms with van der Waals surface area (Å²) in [4.78, 5) is 39.3. The number of nitrogens with zero attached hydrogens (tertiary/aromatic N) is 3. The lowest BCUT2D eigenvalue weighted by molar-refractivity contribution is -0.196. The van der Waals surface area contributed by atoms with E-state index < -0.39 is 23.1 Å². The summed E-state index contributed by atoms with van der Waals surface area (Å²) >= 11 is 0.922. The fraction of sp³-hybridized carbons (Fsp3) is 0.583. The molecule has 4 aliphatic carbocycles. The molecule has 0 spiro atoms. The van der Waals surface area contributed by atoms with Crippen molar-refractivity contribution in [2.45, 2.75) is 77.4 Å². The Labute approximate surface area is 280 Å². The number of methoxy groups -OCH3 is 1. The van der Waals surface area contributed by atoms with Crippen LogP contribution in [0.5, 0.6) is 0 Å². The first-order valence-corrected chi connectivity index (χ1v) is 17.6. The van der Waals surface area contributed by atoms with E-state index in [2.05, 4.69) is 18.3 Å². The van der Waals surface area contributed by atoms with Crippen LogP contribution < -0.4 is 5.32 Å². The zero-order valence-electron chi connectivity index (χ0n) is 27.6. The Kier molecular flexibility index (Phi) is 9.15. The summed E-state index contributed by atoms with van der Waals surface area (Å²) in [5, 5.41) is 28.7. The van der Waals surface area contributed by atoms with Crippen molar-refractivity contribution in [2.24, 2.45) is 28.6 Å². The van der Waals surface area contributed by atoms with Crippen LogP contribution >= 0.6 is 11.8 Å². The Morgan fingerprint density at radius 1 is 1.26 bits per heavy atom. The maximum atomic E-state index is 13.8. The number of thioether (sulfide) groups is 1. The van der Waals surface area contributed by atoms with Crippen molar-refractivity contribution < 1.29 is 29.0 Å². The molecule has 1 heterocycles. The van der Waals surface area contributed by atoms with Gasteiger partial charge in [0.15, 0.2) is 5.60 Å². The lowest BCUT2D eigenvalue weighted by Crippen LogP contribution is -2.62. The highest BCUT2D eigenvalue weighted by Crippen LogP contribution is 2.68. The number of aromatic nitrogens is 2. The quantitative estimate of drug-likeness (QED) is 0.284.